The lowest BCUT2D eigenvalue weighted by molar-refractivity contribution is 0.102. The second-order valence-electron chi connectivity index (χ2n) is 4.48. The van der Waals surface area contributed by atoms with Gasteiger partial charge in [0.15, 0.2) is 0 Å². The monoisotopic (exact) mass is 273 g/mol. The molecule has 104 valence electrons. The summed E-state index contributed by atoms with van der Waals surface area (Å²) in [4.78, 5) is 14.3. The van der Waals surface area contributed by atoms with Crippen LogP contribution in [-0.4, -0.2) is 37.4 Å². The Morgan fingerprint density at radius 3 is 2.80 bits per heavy atom. The third-order valence-electron chi connectivity index (χ3n) is 3.20. The molecule has 1 fully saturated rings. The quantitative estimate of drug-likeness (QED) is 0.923. The number of carbonyl (C=O) groups is 1. The van der Waals surface area contributed by atoms with Crippen LogP contribution >= 0.6 is 0 Å². The van der Waals surface area contributed by atoms with Gasteiger partial charge in [-0.15, -0.1) is 0 Å². The van der Waals surface area contributed by atoms with E-state index in [0.717, 1.165) is 24.5 Å². The molecule has 0 unspecified atom stereocenters. The molecule has 6 heteroatoms. The van der Waals surface area contributed by atoms with Gasteiger partial charge in [0.1, 0.15) is 6.26 Å². The molecule has 0 spiro atoms. The van der Waals surface area contributed by atoms with Crippen molar-refractivity contribution in [3.8, 4) is 0 Å². The highest BCUT2D eigenvalue weighted by Crippen LogP contribution is 2.26. The maximum absolute atomic E-state index is 12.1. The number of amides is 1. The third kappa shape index (κ3) is 2.65. The Balaban J connectivity index is 1.80. The Morgan fingerprint density at radius 1 is 1.25 bits per heavy atom. The van der Waals surface area contributed by atoms with E-state index in [1.165, 1.54) is 12.5 Å². The summed E-state index contributed by atoms with van der Waals surface area (Å²) in [5, 5.41) is 6.42. The third-order valence-corrected chi connectivity index (χ3v) is 3.20. The fraction of sp³-hybridized carbons (Fsp3) is 0.286. The van der Waals surface area contributed by atoms with Gasteiger partial charge in [0.2, 0.25) is 0 Å². The van der Waals surface area contributed by atoms with Crippen LogP contribution in [0.4, 0.5) is 11.4 Å². The van der Waals surface area contributed by atoms with Gasteiger partial charge in [0.25, 0.3) is 5.91 Å². The van der Waals surface area contributed by atoms with Crippen molar-refractivity contribution >= 4 is 17.3 Å². The maximum atomic E-state index is 12.1. The molecule has 2 heterocycles. The average molecular weight is 273 g/mol. The number of aromatic nitrogens is 1. The van der Waals surface area contributed by atoms with Crippen LogP contribution in [0.3, 0.4) is 0 Å². The molecule has 1 N–H and O–H groups in total. The van der Waals surface area contributed by atoms with Gasteiger partial charge in [0.05, 0.1) is 36.3 Å². The van der Waals surface area contributed by atoms with Crippen molar-refractivity contribution in [2.45, 2.75) is 0 Å². The zero-order valence-electron chi connectivity index (χ0n) is 10.9. The van der Waals surface area contributed by atoms with Crippen molar-refractivity contribution in [3.05, 3.63) is 42.3 Å². The number of ether oxygens (including phenoxy) is 1. The Bertz CT molecular complexity index is 577. The van der Waals surface area contributed by atoms with Gasteiger partial charge < -0.3 is 19.5 Å². The fourth-order valence-electron chi connectivity index (χ4n) is 2.17. The van der Waals surface area contributed by atoms with E-state index in [1.807, 2.05) is 24.3 Å². The number of hydrogen-bond donors (Lipinski definition) is 1. The predicted molar refractivity (Wildman–Crippen MR) is 73.9 cm³/mol. The van der Waals surface area contributed by atoms with Crippen LogP contribution in [0.15, 0.2) is 41.2 Å². The summed E-state index contributed by atoms with van der Waals surface area (Å²) in [7, 11) is 0. The first-order chi connectivity index (χ1) is 9.84. The van der Waals surface area contributed by atoms with Crippen molar-refractivity contribution in [2.75, 3.05) is 36.5 Å². The van der Waals surface area contributed by atoms with Crippen LogP contribution < -0.4 is 10.2 Å². The summed E-state index contributed by atoms with van der Waals surface area (Å²) in [6, 6.07) is 7.73. The molecule has 2 aromatic rings. The van der Waals surface area contributed by atoms with Crippen LogP contribution in [0.2, 0.25) is 0 Å². The molecule has 3 rings (SSSR count). The number of anilines is 2. The van der Waals surface area contributed by atoms with Crippen molar-refractivity contribution < 1.29 is 14.1 Å². The molecule has 0 atom stereocenters. The summed E-state index contributed by atoms with van der Waals surface area (Å²) in [6.07, 6.45) is 2.72. The number of carbonyl (C=O) groups excluding carboxylic acids is 1. The minimum Gasteiger partial charge on any atom is -0.378 e. The van der Waals surface area contributed by atoms with Gasteiger partial charge in [-0.1, -0.05) is 17.3 Å². The molecular weight excluding hydrogens is 258 g/mol. The molecule has 1 amide bonds. The van der Waals surface area contributed by atoms with Crippen molar-refractivity contribution in [3.63, 3.8) is 0 Å². The first-order valence-electron chi connectivity index (χ1n) is 6.47. The minimum absolute atomic E-state index is 0.230. The van der Waals surface area contributed by atoms with E-state index in [0.29, 0.717) is 18.8 Å². The minimum atomic E-state index is -0.230. The molecule has 1 aromatic heterocycles. The van der Waals surface area contributed by atoms with Gasteiger partial charge in [-0.05, 0) is 12.1 Å². The van der Waals surface area contributed by atoms with Gasteiger partial charge in [0, 0.05) is 13.1 Å². The average Bonchev–Trinajstić information content (AvgIpc) is 3.03. The lowest BCUT2D eigenvalue weighted by Gasteiger charge is -2.30. The summed E-state index contributed by atoms with van der Waals surface area (Å²) < 4.78 is 10.0. The van der Waals surface area contributed by atoms with Gasteiger partial charge in [-0.25, -0.2) is 0 Å². The van der Waals surface area contributed by atoms with Gasteiger partial charge >= 0.3 is 0 Å². The smallest absolute Gasteiger partial charge is 0.260 e. The Labute approximate surface area is 116 Å². The topological polar surface area (TPSA) is 67.6 Å². The number of morpholine rings is 1. The van der Waals surface area contributed by atoms with E-state index in [9.17, 15) is 4.79 Å². The number of rotatable bonds is 3. The zero-order chi connectivity index (χ0) is 13.8. The highest BCUT2D eigenvalue weighted by molar-refractivity contribution is 6.05. The number of benzene rings is 1. The van der Waals surface area contributed by atoms with Crippen LogP contribution in [0.5, 0.6) is 0 Å². The fourth-order valence-corrected chi connectivity index (χ4v) is 2.17. The molecule has 20 heavy (non-hydrogen) atoms. The molecule has 0 bridgehead atoms. The van der Waals surface area contributed by atoms with Crippen molar-refractivity contribution in [2.24, 2.45) is 0 Å². The van der Waals surface area contributed by atoms with Crippen LogP contribution in [0, 0.1) is 0 Å². The van der Waals surface area contributed by atoms with Crippen LogP contribution in [0.25, 0.3) is 0 Å². The van der Waals surface area contributed by atoms with Crippen molar-refractivity contribution in [1.82, 2.24) is 5.16 Å². The molecule has 0 saturated carbocycles. The highest BCUT2D eigenvalue weighted by atomic mass is 16.5. The number of para-hydroxylation sites is 2. The summed E-state index contributed by atoms with van der Waals surface area (Å²) in [5.41, 5.74) is 2.18. The second-order valence-corrected chi connectivity index (χ2v) is 4.48. The number of hydrogen-bond acceptors (Lipinski definition) is 5. The Kier molecular flexibility index (Phi) is 3.64. The van der Waals surface area contributed by atoms with Crippen molar-refractivity contribution in [1.29, 1.82) is 0 Å². The Hall–Kier alpha value is -2.34. The number of nitrogens with zero attached hydrogens (tertiary/aromatic N) is 2. The molecule has 0 aliphatic carbocycles. The summed E-state index contributed by atoms with van der Waals surface area (Å²) >= 11 is 0. The highest BCUT2D eigenvalue weighted by Gasteiger charge is 2.16. The second kappa shape index (κ2) is 5.75. The molecule has 6 nitrogen and oxygen atoms in total. The molecular formula is C14H15N3O3. The lowest BCUT2D eigenvalue weighted by atomic mass is 10.2. The van der Waals surface area contributed by atoms with Gasteiger partial charge in [-0.2, -0.15) is 0 Å². The van der Waals surface area contributed by atoms with Crippen LogP contribution in [-0.2, 0) is 4.74 Å². The first-order valence-corrected chi connectivity index (χ1v) is 6.47. The first kappa shape index (κ1) is 12.7. The van der Waals surface area contributed by atoms with E-state index < -0.39 is 0 Å². The molecule has 1 aliphatic heterocycles. The molecule has 1 aromatic carbocycles. The molecule has 0 radical (unpaired) electrons. The molecule has 1 aliphatic rings. The lowest BCUT2D eigenvalue weighted by Crippen LogP contribution is -2.36. The van der Waals surface area contributed by atoms with E-state index >= 15 is 0 Å². The normalized spacial score (nSPS) is 15.1. The van der Waals surface area contributed by atoms with E-state index in [-0.39, 0.29) is 5.91 Å². The molecule has 1 saturated heterocycles. The van der Waals surface area contributed by atoms with Crippen LogP contribution in [0.1, 0.15) is 10.4 Å². The Morgan fingerprint density at radius 2 is 2.05 bits per heavy atom. The SMILES string of the molecule is O=C(Nc1ccccc1N1CCOCC1)c1cnoc1. The maximum Gasteiger partial charge on any atom is 0.260 e. The summed E-state index contributed by atoms with van der Waals surface area (Å²) in [5.74, 6) is -0.230. The summed E-state index contributed by atoms with van der Waals surface area (Å²) in [6.45, 7) is 3.04. The van der Waals surface area contributed by atoms with E-state index in [1.54, 1.807) is 0 Å². The zero-order valence-corrected chi connectivity index (χ0v) is 10.9. The predicted octanol–water partition coefficient (Wildman–Crippen LogP) is 1.76. The van der Waals surface area contributed by atoms with E-state index in [4.69, 9.17) is 4.74 Å². The largest absolute Gasteiger partial charge is 0.378 e. The standard InChI is InChI=1S/C14H15N3O3/c18-14(11-9-15-20-10-11)16-12-3-1-2-4-13(12)17-5-7-19-8-6-17/h1-4,9-10H,5-8H2,(H,16,18). The van der Waals surface area contributed by atoms with Gasteiger partial charge in [-0.3, -0.25) is 4.79 Å². The number of nitrogens with one attached hydrogen (secondary N) is 1. The van der Waals surface area contributed by atoms with E-state index in [2.05, 4.69) is 19.9 Å².